The fourth-order valence-electron chi connectivity index (χ4n) is 2.56. The molecule has 2 aromatic rings. The van der Waals surface area contributed by atoms with Crippen LogP contribution in [-0.4, -0.2) is 35.0 Å². The molecule has 1 aliphatic heterocycles. The molecule has 0 spiro atoms. The fraction of sp³-hybridized carbons (Fsp3) is 0.429. The lowest BCUT2D eigenvalue weighted by molar-refractivity contribution is 0.0914. The number of hydrogen-bond acceptors (Lipinski definition) is 3. The van der Waals surface area contributed by atoms with E-state index in [1.54, 1.807) is 6.33 Å². The molecule has 100 valence electrons. The number of nitrogens with one attached hydrogen (secondary N) is 3. The highest BCUT2D eigenvalue weighted by Gasteiger charge is 2.23. The van der Waals surface area contributed by atoms with E-state index in [1.807, 2.05) is 18.2 Å². The summed E-state index contributed by atoms with van der Waals surface area (Å²) in [5.74, 6) is 0.462. The first-order chi connectivity index (χ1) is 9.24. The van der Waals surface area contributed by atoms with Crippen LogP contribution in [0.4, 0.5) is 0 Å². The molecule has 19 heavy (non-hydrogen) atoms. The summed E-state index contributed by atoms with van der Waals surface area (Å²) in [6.45, 7) is 4.09. The fourth-order valence-corrected chi connectivity index (χ4v) is 2.56. The van der Waals surface area contributed by atoms with Gasteiger partial charge in [0.05, 0.1) is 17.4 Å². The number of imidazole rings is 1. The van der Waals surface area contributed by atoms with Crippen molar-refractivity contribution < 1.29 is 4.79 Å². The van der Waals surface area contributed by atoms with Crippen molar-refractivity contribution in [2.24, 2.45) is 5.92 Å². The molecule has 1 aliphatic rings. The second-order valence-electron chi connectivity index (χ2n) is 5.18. The van der Waals surface area contributed by atoms with E-state index in [2.05, 4.69) is 27.5 Å². The van der Waals surface area contributed by atoms with Gasteiger partial charge in [0, 0.05) is 11.6 Å². The van der Waals surface area contributed by atoms with Gasteiger partial charge in [0.25, 0.3) is 5.91 Å². The van der Waals surface area contributed by atoms with Gasteiger partial charge in [-0.2, -0.15) is 0 Å². The quantitative estimate of drug-likeness (QED) is 0.760. The Bertz CT molecular complexity index is 592. The highest BCUT2D eigenvalue weighted by Crippen LogP contribution is 2.14. The summed E-state index contributed by atoms with van der Waals surface area (Å²) < 4.78 is 0. The van der Waals surface area contributed by atoms with Crippen molar-refractivity contribution in [1.82, 2.24) is 20.6 Å². The second kappa shape index (κ2) is 5.01. The SMILES string of the molecule is CC1CNCCC1NC(=O)c1ccc2nc[nH]c2c1. The van der Waals surface area contributed by atoms with Gasteiger partial charge in [-0.1, -0.05) is 6.92 Å². The van der Waals surface area contributed by atoms with Crippen LogP contribution in [0.5, 0.6) is 0 Å². The van der Waals surface area contributed by atoms with Crippen molar-refractivity contribution in [2.45, 2.75) is 19.4 Å². The Balaban J connectivity index is 1.75. The Morgan fingerprint density at radius 1 is 1.47 bits per heavy atom. The van der Waals surface area contributed by atoms with Crippen molar-refractivity contribution in [3.05, 3.63) is 30.1 Å². The van der Waals surface area contributed by atoms with E-state index in [4.69, 9.17) is 0 Å². The largest absolute Gasteiger partial charge is 0.349 e. The third-order valence-electron chi connectivity index (χ3n) is 3.78. The maximum absolute atomic E-state index is 12.3. The molecule has 1 aromatic carbocycles. The molecule has 1 aromatic heterocycles. The molecular formula is C14H18N4O. The minimum absolute atomic E-state index is 0.00440. The van der Waals surface area contributed by atoms with E-state index >= 15 is 0 Å². The smallest absolute Gasteiger partial charge is 0.251 e. The van der Waals surface area contributed by atoms with Gasteiger partial charge in [0.15, 0.2) is 0 Å². The topological polar surface area (TPSA) is 69.8 Å². The van der Waals surface area contributed by atoms with Crippen LogP contribution in [-0.2, 0) is 0 Å². The molecule has 0 radical (unpaired) electrons. The number of carbonyl (C=O) groups excluding carboxylic acids is 1. The summed E-state index contributed by atoms with van der Waals surface area (Å²) in [5.41, 5.74) is 2.46. The van der Waals surface area contributed by atoms with Gasteiger partial charge in [0.1, 0.15) is 0 Å². The number of piperidine rings is 1. The van der Waals surface area contributed by atoms with Gasteiger partial charge in [0.2, 0.25) is 0 Å². The zero-order valence-corrected chi connectivity index (χ0v) is 10.9. The molecular weight excluding hydrogens is 240 g/mol. The van der Waals surface area contributed by atoms with Crippen LogP contribution in [0.25, 0.3) is 11.0 Å². The van der Waals surface area contributed by atoms with E-state index in [1.165, 1.54) is 0 Å². The number of H-pyrrole nitrogens is 1. The normalized spacial score (nSPS) is 23.4. The average Bonchev–Trinajstić information content (AvgIpc) is 2.88. The molecule has 2 heterocycles. The molecule has 5 nitrogen and oxygen atoms in total. The highest BCUT2D eigenvalue weighted by molar-refractivity contribution is 5.97. The lowest BCUT2D eigenvalue weighted by atomic mass is 9.95. The predicted octanol–water partition coefficient (Wildman–Crippen LogP) is 1.29. The monoisotopic (exact) mass is 258 g/mol. The number of aromatic nitrogens is 2. The van der Waals surface area contributed by atoms with E-state index in [-0.39, 0.29) is 11.9 Å². The Hall–Kier alpha value is -1.88. The Kier molecular flexibility index (Phi) is 3.21. The first-order valence-electron chi connectivity index (χ1n) is 6.69. The molecule has 5 heteroatoms. The van der Waals surface area contributed by atoms with Gasteiger partial charge in [-0.15, -0.1) is 0 Å². The summed E-state index contributed by atoms with van der Waals surface area (Å²) in [7, 11) is 0. The van der Waals surface area contributed by atoms with E-state index in [0.717, 1.165) is 30.5 Å². The molecule has 2 unspecified atom stereocenters. The van der Waals surface area contributed by atoms with Crippen LogP contribution in [0.1, 0.15) is 23.7 Å². The maximum atomic E-state index is 12.3. The number of fused-ring (bicyclic) bond motifs is 1. The standard InChI is InChI=1S/C14H18N4O/c1-9-7-15-5-4-11(9)18-14(19)10-2-3-12-13(6-10)17-8-16-12/h2-3,6,8-9,11,15H,4-5,7H2,1H3,(H,16,17)(H,18,19). The van der Waals surface area contributed by atoms with Crippen LogP contribution in [0.3, 0.4) is 0 Å². The van der Waals surface area contributed by atoms with Crippen LogP contribution >= 0.6 is 0 Å². The number of nitrogens with zero attached hydrogens (tertiary/aromatic N) is 1. The molecule has 2 atom stereocenters. The Morgan fingerprint density at radius 3 is 3.21 bits per heavy atom. The summed E-state index contributed by atoms with van der Waals surface area (Å²) in [5, 5.41) is 6.46. The molecule has 0 aliphatic carbocycles. The van der Waals surface area contributed by atoms with Crippen molar-refractivity contribution in [3.8, 4) is 0 Å². The van der Waals surface area contributed by atoms with Crippen molar-refractivity contribution in [2.75, 3.05) is 13.1 Å². The molecule has 3 N–H and O–H groups in total. The number of rotatable bonds is 2. The third kappa shape index (κ3) is 2.46. The van der Waals surface area contributed by atoms with E-state index < -0.39 is 0 Å². The Morgan fingerprint density at radius 2 is 2.37 bits per heavy atom. The number of hydrogen-bond donors (Lipinski definition) is 3. The Labute approximate surface area is 111 Å². The predicted molar refractivity (Wildman–Crippen MR) is 74.0 cm³/mol. The lowest BCUT2D eigenvalue weighted by Crippen LogP contribution is -2.48. The first-order valence-corrected chi connectivity index (χ1v) is 6.69. The van der Waals surface area contributed by atoms with Crippen molar-refractivity contribution >= 4 is 16.9 Å². The van der Waals surface area contributed by atoms with Crippen LogP contribution in [0.15, 0.2) is 24.5 Å². The summed E-state index contributed by atoms with van der Waals surface area (Å²) in [6.07, 6.45) is 2.63. The van der Waals surface area contributed by atoms with Gasteiger partial charge in [-0.3, -0.25) is 4.79 Å². The van der Waals surface area contributed by atoms with Crippen molar-refractivity contribution in [1.29, 1.82) is 0 Å². The number of benzene rings is 1. The van der Waals surface area contributed by atoms with E-state index in [0.29, 0.717) is 11.5 Å². The van der Waals surface area contributed by atoms with Crippen LogP contribution in [0.2, 0.25) is 0 Å². The number of carbonyl (C=O) groups is 1. The first kappa shape index (κ1) is 12.2. The highest BCUT2D eigenvalue weighted by atomic mass is 16.1. The maximum Gasteiger partial charge on any atom is 0.251 e. The molecule has 1 amide bonds. The lowest BCUT2D eigenvalue weighted by Gasteiger charge is -2.30. The summed E-state index contributed by atoms with van der Waals surface area (Å²) in [6, 6.07) is 5.80. The summed E-state index contributed by atoms with van der Waals surface area (Å²) in [4.78, 5) is 19.4. The second-order valence-corrected chi connectivity index (χ2v) is 5.18. The van der Waals surface area contributed by atoms with Crippen LogP contribution < -0.4 is 10.6 Å². The molecule has 0 bridgehead atoms. The van der Waals surface area contributed by atoms with Crippen LogP contribution in [0, 0.1) is 5.92 Å². The van der Waals surface area contributed by atoms with Gasteiger partial charge >= 0.3 is 0 Å². The molecule has 1 fully saturated rings. The zero-order chi connectivity index (χ0) is 13.2. The van der Waals surface area contributed by atoms with Gasteiger partial charge < -0.3 is 15.6 Å². The molecule has 1 saturated heterocycles. The van der Waals surface area contributed by atoms with Crippen molar-refractivity contribution in [3.63, 3.8) is 0 Å². The third-order valence-corrected chi connectivity index (χ3v) is 3.78. The minimum Gasteiger partial charge on any atom is -0.349 e. The average molecular weight is 258 g/mol. The minimum atomic E-state index is -0.00440. The zero-order valence-electron chi connectivity index (χ0n) is 10.9. The van der Waals surface area contributed by atoms with Gasteiger partial charge in [-0.25, -0.2) is 4.98 Å². The molecule has 3 rings (SSSR count). The summed E-state index contributed by atoms with van der Waals surface area (Å²) >= 11 is 0. The van der Waals surface area contributed by atoms with Gasteiger partial charge in [-0.05, 0) is 43.6 Å². The van der Waals surface area contributed by atoms with E-state index in [9.17, 15) is 4.79 Å². The molecule has 0 saturated carbocycles. The number of amides is 1. The number of aromatic amines is 1.